The Hall–Kier alpha value is -1.46. The zero-order valence-electron chi connectivity index (χ0n) is 10.2. The average molecular weight is 252 g/mol. The van der Waals surface area contributed by atoms with Crippen molar-refractivity contribution in [2.45, 2.75) is 12.8 Å². The lowest BCUT2D eigenvalue weighted by Gasteiger charge is -2.14. The minimum atomic E-state index is -0.360. The van der Waals surface area contributed by atoms with Gasteiger partial charge >= 0.3 is 0 Å². The molecular formula is C13H17FN2O2. The zero-order chi connectivity index (χ0) is 12.8. The van der Waals surface area contributed by atoms with Crippen LogP contribution in [0.15, 0.2) is 24.3 Å². The Morgan fingerprint density at radius 1 is 1.28 bits per heavy atom. The van der Waals surface area contributed by atoms with Crippen molar-refractivity contribution in [3.05, 3.63) is 35.6 Å². The Kier molecular flexibility index (Phi) is 4.66. The first-order valence-electron chi connectivity index (χ1n) is 6.16. The maximum Gasteiger partial charge on any atom is 0.274 e. The van der Waals surface area contributed by atoms with Crippen molar-refractivity contribution in [1.29, 1.82) is 0 Å². The third kappa shape index (κ3) is 3.78. The maximum absolute atomic E-state index is 12.7. The third-order valence-corrected chi connectivity index (χ3v) is 2.98. The Morgan fingerprint density at radius 2 is 1.94 bits per heavy atom. The van der Waals surface area contributed by atoms with E-state index in [0.29, 0.717) is 12.2 Å². The summed E-state index contributed by atoms with van der Waals surface area (Å²) in [5, 5.41) is 0. The number of halogens is 1. The molecule has 0 saturated carbocycles. The summed E-state index contributed by atoms with van der Waals surface area (Å²) in [6.45, 7) is 3.50. The number of rotatable bonds is 5. The highest BCUT2D eigenvalue weighted by atomic mass is 19.1. The number of hydrogen-bond donors (Lipinski definition) is 1. The number of nitrogens with zero attached hydrogens (tertiary/aromatic N) is 1. The molecule has 0 unspecified atom stereocenters. The van der Waals surface area contributed by atoms with Gasteiger partial charge in [-0.1, -0.05) is 0 Å². The molecule has 0 bridgehead atoms. The van der Waals surface area contributed by atoms with E-state index in [1.807, 2.05) is 0 Å². The Balaban J connectivity index is 1.66. The van der Waals surface area contributed by atoms with Gasteiger partial charge in [0.2, 0.25) is 0 Å². The van der Waals surface area contributed by atoms with E-state index in [1.165, 1.54) is 37.1 Å². The molecule has 5 heteroatoms. The van der Waals surface area contributed by atoms with Crippen molar-refractivity contribution >= 4 is 5.91 Å². The lowest BCUT2D eigenvalue weighted by Crippen LogP contribution is -2.30. The second-order valence-electron chi connectivity index (χ2n) is 4.34. The molecule has 0 radical (unpaired) electrons. The molecule has 1 aliphatic heterocycles. The van der Waals surface area contributed by atoms with Crippen molar-refractivity contribution in [2.24, 2.45) is 0 Å². The summed E-state index contributed by atoms with van der Waals surface area (Å²) in [7, 11) is 0. The smallest absolute Gasteiger partial charge is 0.274 e. The molecule has 1 N–H and O–H groups in total. The number of carbonyl (C=O) groups excluding carboxylic acids is 1. The minimum absolute atomic E-state index is 0.351. The van der Waals surface area contributed by atoms with E-state index in [9.17, 15) is 9.18 Å². The molecule has 0 aliphatic carbocycles. The maximum atomic E-state index is 12.7. The number of amides is 1. The summed E-state index contributed by atoms with van der Waals surface area (Å²) in [6, 6.07) is 5.35. The van der Waals surface area contributed by atoms with Crippen LogP contribution in [-0.4, -0.2) is 37.0 Å². The largest absolute Gasteiger partial charge is 0.301 e. The quantitative estimate of drug-likeness (QED) is 0.639. The van der Waals surface area contributed by atoms with Crippen LogP contribution in [-0.2, 0) is 4.84 Å². The molecule has 0 spiro atoms. The van der Waals surface area contributed by atoms with Gasteiger partial charge in [-0.05, 0) is 50.2 Å². The number of hydrogen-bond acceptors (Lipinski definition) is 3. The molecule has 1 fully saturated rings. The van der Waals surface area contributed by atoms with Crippen LogP contribution in [0, 0.1) is 5.82 Å². The first-order valence-corrected chi connectivity index (χ1v) is 6.16. The van der Waals surface area contributed by atoms with Gasteiger partial charge in [-0.3, -0.25) is 9.63 Å². The van der Waals surface area contributed by atoms with E-state index >= 15 is 0 Å². The molecule has 1 saturated heterocycles. The molecular weight excluding hydrogens is 235 g/mol. The van der Waals surface area contributed by atoms with Crippen molar-refractivity contribution in [3.63, 3.8) is 0 Å². The number of nitrogens with one attached hydrogen (secondary N) is 1. The molecule has 2 rings (SSSR count). The standard InChI is InChI=1S/C13H17FN2O2/c14-12-5-3-11(4-6-12)13(17)15-18-10-9-16-7-1-2-8-16/h3-6H,1-2,7-10H2,(H,15,17). The Bertz CT molecular complexity index is 388. The molecule has 1 aliphatic rings. The average Bonchev–Trinajstić information content (AvgIpc) is 2.88. The topological polar surface area (TPSA) is 41.6 Å². The van der Waals surface area contributed by atoms with Gasteiger partial charge in [-0.2, -0.15) is 0 Å². The van der Waals surface area contributed by atoms with Gasteiger partial charge in [0.1, 0.15) is 5.82 Å². The normalized spacial score (nSPS) is 15.8. The van der Waals surface area contributed by atoms with Gasteiger partial charge < -0.3 is 4.90 Å². The summed E-state index contributed by atoms with van der Waals surface area (Å²) in [4.78, 5) is 19.0. The molecule has 1 heterocycles. The number of hydroxylamine groups is 1. The third-order valence-electron chi connectivity index (χ3n) is 2.98. The Morgan fingerprint density at radius 3 is 2.61 bits per heavy atom. The van der Waals surface area contributed by atoms with Gasteiger partial charge in [0.25, 0.3) is 5.91 Å². The van der Waals surface area contributed by atoms with Crippen molar-refractivity contribution in [1.82, 2.24) is 10.4 Å². The minimum Gasteiger partial charge on any atom is -0.301 e. The summed E-state index contributed by atoms with van der Waals surface area (Å²) in [6.07, 6.45) is 2.48. The van der Waals surface area contributed by atoms with E-state index in [-0.39, 0.29) is 11.7 Å². The molecule has 0 aromatic heterocycles. The van der Waals surface area contributed by atoms with Crippen LogP contribution in [0.3, 0.4) is 0 Å². The van der Waals surface area contributed by atoms with Crippen molar-refractivity contribution in [3.8, 4) is 0 Å². The predicted octanol–water partition coefficient (Wildman–Crippen LogP) is 1.58. The van der Waals surface area contributed by atoms with Gasteiger partial charge in [0, 0.05) is 12.1 Å². The van der Waals surface area contributed by atoms with Crippen LogP contribution in [0.1, 0.15) is 23.2 Å². The number of likely N-dealkylation sites (tertiary alicyclic amines) is 1. The highest BCUT2D eigenvalue weighted by molar-refractivity contribution is 5.93. The lowest BCUT2D eigenvalue weighted by molar-refractivity contribution is 0.0244. The second kappa shape index (κ2) is 6.47. The summed E-state index contributed by atoms with van der Waals surface area (Å²) in [5.74, 6) is -0.710. The first-order chi connectivity index (χ1) is 8.75. The van der Waals surface area contributed by atoms with E-state index in [4.69, 9.17) is 4.84 Å². The van der Waals surface area contributed by atoms with Gasteiger partial charge in [0.05, 0.1) is 6.61 Å². The van der Waals surface area contributed by atoms with Crippen molar-refractivity contribution < 1.29 is 14.0 Å². The molecule has 1 amide bonds. The fourth-order valence-corrected chi connectivity index (χ4v) is 1.96. The predicted molar refractivity (Wildman–Crippen MR) is 65.5 cm³/mol. The van der Waals surface area contributed by atoms with Crippen LogP contribution < -0.4 is 5.48 Å². The second-order valence-corrected chi connectivity index (χ2v) is 4.34. The number of benzene rings is 1. The first kappa shape index (κ1) is 13.0. The molecule has 1 aromatic rings. The van der Waals surface area contributed by atoms with Gasteiger partial charge in [-0.25, -0.2) is 9.87 Å². The summed E-state index contributed by atoms with van der Waals surface area (Å²) < 4.78 is 12.7. The lowest BCUT2D eigenvalue weighted by atomic mass is 10.2. The SMILES string of the molecule is O=C(NOCCN1CCCC1)c1ccc(F)cc1. The van der Waals surface area contributed by atoms with Crippen LogP contribution in [0.2, 0.25) is 0 Å². The molecule has 98 valence electrons. The molecule has 4 nitrogen and oxygen atoms in total. The fraction of sp³-hybridized carbons (Fsp3) is 0.462. The number of carbonyl (C=O) groups is 1. The van der Waals surface area contributed by atoms with E-state index in [2.05, 4.69) is 10.4 Å². The summed E-state index contributed by atoms with van der Waals surface area (Å²) in [5.41, 5.74) is 2.74. The highest BCUT2D eigenvalue weighted by Gasteiger charge is 2.11. The van der Waals surface area contributed by atoms with Gasteiger partial charge in [-0.15, -0.1) is 0 Å². The van der Waals surface area contributed by atoms with Crippen LogP contribution in [0.4, 0.5) is 4.39 Å². The fourth-order valence-electron chi connectivity index (χ4n) is 1.96. The van der Waals surface area contributed by atoms with Crippen molar-refractivity contribution in [2.75, 3.05) is 26.2 Å². The molecule has 0 atom stereocenters. The van der Waals surface area contributed by atoms with E-state index in [0.717, 1.165) is 19.6 Å². The van der Waals surface area contributed by atoms with Crippen LogP contribution in [0.25, 0.3) is 0 Å². The van der Waals surface area contributed by atoms with Crippen LogP contribution in [0.5, 0.6) is 0 Å². The monoisotopic (exact) mass is 252 g/mol. The molecule has 18 heavy (non-hydrogen) atoms. The Labute approximate surface area is 106 Å². The van der Waals surface area contributed by atoms with Crippen LogP contribution >= 0.6 is 0 Å². The molecule has 1 aromatic carbocycles. The van der Waals surface area contributed by atoms with E-state index in [1.54, 1.807) is 0 Å². The zero-order valence-corrected chi connectivity index (χ0v) is 10.2. The van der Waals surface area contributed by atoms with E-state index < -0.39 is 0 Å². The highest BCUT2D eigenvalue weighted by Crippen LogP contribution is 2.06. The summed E-state index contributed by atoms with van der Waals surface area (Å²) >= 11 is 0. The van der Waals surface area contributed by atoms with Gasteiger partial charge in [0.15, 0.2) is 0 Å².